The molecule has 2 aromatic carbocycles. The summed E-state index contributed by atoms with van der Waals surface area (Å²) < 4.78 is 18.2. The minimum Gasteiger partial charge on any atom is -0.493 e. The second-order valence-corrected chi connectivity index (χ2v) is 7.72. The molecule has 0 radical (unpaired) electrons. The monoisotopic (exact) mass is 541 g/mol. The summed E-state index contributed by atoms with van der Waals surface area (Å²) in [7, 11) is 1.59. The highest BCUT2D eigenvalue weighted by Crippen LogP contribution is 2.35. The molecule has 5 nitrogen and oxygen atoms in total. The lowest BCUT2D eigenvalue weighted by Gasteiger charge is -2.13. The molecule has 140 valence electrons. The third-order valence-corrected chi connectivity index (χ3v) is 5.22. The van der Waals surface area contributed by atoms with Crippen molar-refractivity contribution >= 4 is 56.5 Å². The molecule has 0 saturated heterocycles. The third kappa shape index (κ3) is 4.52. The Morgan fingerprint density at radius 3 is 2.78 bits per heavy atom. The Hall–Kier alpha value is -1.87. The number of nitrogens with zero attached hydrogens (tertiary/aromatic N) is 1. The molecule has 0 unspecified atom stereocenters. The molecule has 0 atom stereocenters. The van der Waals surface area contributed by atoms with Crippen LogP contribution in [0.25, 0.3) is 6.08 Å². The van der Waals surface area contributed by atoms with E-state index in [9.17, 15) is 4.79 Å². The number of carbonyl (C=O) groups excluding carboxylic acids is 1. The Bertz CT molecular complexity index is 940. The van der Waals surface area contributed by atoms with Crippen LogP contribution in [-0.2, 0) is 9.53 Å². The van der Waals surface area contributed by atoms with E-state index in [-0.39, 0.29) is 11.6 Å². The Morgan fingerprint density at radius 2 is 2.07 bits per heavy atom. The average Bonchev–Trinajstić information content (AvgIpc) is 3.01. The lowest BCUT2D eigenvalue weighted by Crippen LogP contribution is -2.05. The Balaban J connectivity index is 1.95. The standard InChI is InChI=1S/C20H17BrINO4/c1-3-8-26-18-15(22)9-12(11-17(18)25-2)10-16-20(24)27-19(23-16)13-6-4-5-7-14(13)21/h4-7,9-11H,3,8H2,1-2H3/b16-10-. The number of ether oxygens (including phenoxy) is 3. The Morgan fingerprint density at radius 1 is 1.30 bits per heavy atom. The molecule has 0 fully saturated rings. The smallest absolute Gasteiger partial charge is 0.363 e. The number of methoxy groups -OCH3 is 1. The van der Waals surface area contributed by atoms with Gasteiger partial charge in [-0.05, 0) is 80.8 Å². The lowest BCUT2D eigenvalue weighted by molar-refractivity contribution is -0.129. The summed E-state index contributed by atoms with van der Waals surface area (Å²) in [4.78, 5) is 16.6. The number of halogens is 2. The number of hydrogen-bond acceptors (Lipinski definition) is 5. The summed E-state index contributed by atoms with van der Waals surface area (Å²) in [5, 5.41) is 0. The quantitative estimate of drug-likeness (QED) is 0.287. The summed E-state index contributed by atoms with van der Waals surface area (Å²) in [5.74, 6) is 1.11. The predicted octanol–water partition coefficient (Wildman–Crippen LogP) is 5.20. The molecule has 7 heteroatoms. The zero-order valence-corrected chi connectivity index (χ0v) is 18.5. The van der Waals surface area contributed by atoms with Crippen LogP contribution >= 0.6 is 38.5 Å². The van der Waals surface area contributed by atoms with Gasteiger partial charge in [-0.2, -0.15) is 0 Å². The summed E-state index contributed by atoms with van der Waals surface area (Å²) in [6, 6.07) is 11.2. The van der Waals surface area contributed by atoms with E-state index < -0.39 is 5.97 Å². The fourth-order valence-electron chi connectivity index (χ4n) is 2.48. The summed E-state index contributed by atoms with van der Waals surface area (Å²) in [6.07, 6.45) is 2.59. The van der Waals surface area contributed by atoms with Crippen LogP contribution in [0.15, 0.2) is 51.6 Å². The first-order valence-electron chi connectivity index (χ1n) is 8.31. The molecule has 1 heterocycles. The van der Waals surface area contributed by atoms with Gasteiger partial charge in [0.15, 0.2) is 17.2 Å². The molecule has 0 aromatic heterocycles. The van der Waals surface area contributed by atoms with Crippen LogP contribution in [0.1, 0.15) is 24.5 Å². The fraction of sp³-hybridized carbons (Fsp3) is 0.200. The first kappa shape index (κ1) is 19.9. The van der Waals surface area contributed by atoms with E-state index in [1.807, 2.05) is 43.3 Å². The largest absolute Gasteiger partial charge is 0.493 e. The molecular weight excluding hydrogens is 525 g/mol. The van der Waals surface area contributed by atoms with Crippen LogP contribution in [0.5, 0.6) is 11.5 Å². The van der Waals surface area contributed by atoms with Crippen LogP contribution in [0.4, 0.5) is 0 Å². The molecule has 1 aliphatic heterocycles. The topological polar surface area (TPSA) is 57.1 Å². The first-order chi connectivity index (χ1) is 13.0. The van der Waals surface area contributed by atoms with Crippen LogP contribution in [-0.4, -0.2) is 25.6 Å². The van der Waals surface area contributed by atoms with Crippen molar-refractivity contribution in [3.8, 4) is 11.5 Å². The van der Waals surface area contributed by atoms with Gasteiger partial charge in [-0.25, -0.2) is 9.79 Å². The normalized spacial score (nSPS) is 14.9. The van der Waals surface area contributed by atoms with E-state index in [4.69, 9.17) is 14.2 Å². The number of rotatable bonds is 6. The first-order valence-corrected chi connectivity index (χ1v) is 10.2. The SMILES string of the molecule is CCCOc1c(I)cc(/C=C2\N=C(c3ccccc3Br)OC2=O)cc1OC. The highest BCUT2D eigenvalue weighted by atomic mass is 127. The highest BCUT2D eigenvalue weighted by Gasteiger charge is 2.25. The number of esters is 1. The minimum absolute atomic E-state index is 0.237. The van der Waals surface area contributed by atoms with Crippen molar-refractivity contribution in [2.45, 2.75) is 13.3 Å². The van der Waals surface area contributed by atoms with E-state index in [1.54, 1.807) is 13.2 Å². The zero-order chi connectivity index (χ0) is 19.4. The number of aliphatic imine (C=N–C) groups is 1. The van der Waals surface area contributed by atoms with Crippen LogP contribution in [0.3, 0.4) is 0 Å². The van der Waals surface area contributed by atoms with E-state index in [0.717, 1.165) is 25.6 Å². The lowest BCUT2D eigenvalue weighted by atomic mass is 10.1. The van der Waals surface area contributed by atoms with Gasteiger partial charge in [-0.1, -0.05) is 19.1 Å². The molecule has 27 heavy (non-hydrogen) atoms. The third-order valence-electron chi connectivity index (χ3n) is 3.73. The second-order valence-electron chi connectivity index (χ2n) is 5.70. The van der Waals surface area contributed by atoms with E-state index in [0.29, 0.717) is 18.1 Å². The molecule has 0 bridgehead atoms. The van der Waals surface area contributed by atoms with Gasteiger partial charge in [0.25, 0.3) is 0 Å². The van der Waals surface area contributed by atoms with Crippen molar-refractivity contribution in [3.05, 3.63) is 61.3 Å². The van der Waals surface area contributed by atoms with Crippen molar-refractivity contribution in [1.29, 1.82) is 0 Å². The maximum absolute atomic E-state index is 12.2. The second kappa shape index (κ2) is 8.88. The predicted molar refractivity (Wildman–Crippen MR) is 116 cm³/mol. The fourth-order valence-corrected chi connectivity index (χ4v) is 3.72. The Labute approximate surface area is 179 Å². The molecular formula is C20H17BrINO4. The zero-order valence-electron chi connectivity index (χ0n) is 14.8. The van der Waals surface area contributed by atoms with Gasteiger partial charge in [-0.15, -0.1) is 0 Å². The van der Waals surface area contributed by atoms with Crippen LogP contribution in [0, 0.1) is 3.57 Å². The maximum atomic E-state index is 12.2. The molecule has 2 aromatic rings. The Kier molecular flexibility index (Phi) is 6.54. The van der Waals surface area contributed by atoms with Gasteiger partial charge in [0.2, 0.25) is 5.90 Å². The van der Waals surface area contributed by atoms with Crippen molar-refractivity contribution in [3.63, 3.8) is 0 Å². The van der Waals surface area contributed by atoms with Crippen molar-refractivity contribution < 1.29 is 19.0 Å². The maximum Gasteiger partial charge on any atom is 0.363 e. The molecule has 0 amide bonds. The minimum atomic E-state index is -0.485. The molecule has 1 aliphatic rings. The number of cyclic esters (lactones) is 1. The van der Waals surface area contributed by atoms with E-state index in [1.165, 1.54) is 0 Å². The molecule has 0 spiro atoms. The van der Waals surface area contributed by atoms with Gasteiger partial charge in [-0.3, -0.25) is 0 Å². The molecule has 0 saturated carbocycles. The van der Waals surface area contributed by atoms with Crippen molar-refractivity contribution in [2.75, 3.05) is 13.7 Å². The van der Waals surface area contributed by atoms with Gasteiger partial charge < -0.3 is 14.2 Å². The van der Waals surface area contributed by atoms with Crippen molar-refractivity contribution in [1.82, 2.24) is 0 Å². The molecule has 0 aliphatic carbocycles. The van der Waals surface area contributed by atoms with Crippen molar-refractivity contribution in [2.24, 2.45) is 4.99 Å². The summed E-state index contributed by atoms with van der Waals surface area (Å²) in [6.45, 7) is 2.66. The number of carbonyl (C=O) groups is 1. The summed E-state index contributed by atoms with van der Waals surface area (Å²) in [5.41, 5.74) is 1.75. The average molecular weight is 542 g/mol. The van der Waals surface area contributed by atoms with Crippen LogP contribution in [0.2, 0.25) is 0 Å². The van der Waals surface area contributed by atoms with Gasteiger partial charge in [0, 0.05) is 4.47 Å². The van der Waals surface area contributed by atoms with E-state index in [2.05, 4.69) is 43.5 Å². The van der Waals surface area contributed by atoms with Gasteiger partial charge >= 0.3 is 5.97 Å². The molecule has 0 N–H and O–H groups in total. The highest BCUT2D eigenvalue weighted by molar-refractivity contribution is 14.1. The summed E-state index contributed by atoms with van der Waals surface area (Å²) >= 11 is 5.64. The van der Waals surface area contributed by atoms with Crippen LogP contribution < -0.4 is 9.47 Å². The molecule has 3 rings (SSSR count). The van der Waals surface area contributed by atoms with E-state index >= 15 is 0 Å². The van der Waals surface area contributed by atoms with Gasteiger partial charge in [0.05, 0.1) is 22.9 Å². The van der Waals surface area contributed by atoms with Gasteiger partial charge in [0.1, 0.15) is 0 Å². The number of benzene rings is 2. The number of hydrogen-bond donors (Lipinski definition) is 0.